The Hall–Kier alpha value is -2.86. The van der Waals surface area contributed by atoms with Gasteiger partial charge in [-0.2, -0.15) is 0 Å². The van der Waals surface area contributed by atoms with Gasteiger partial charge in [0.2, 0.25) is 16.8 Å². The van der Waals surface area contributed by atoms with Crippen molar-refractivity contribution < 1.29 is 37.3 Å². The van der Waals surface area contributed by atoms with E-state index in [2.05, 4.69) is 4.90 Å². The van der Waals surface area contributed by atoms with Crippen molar-refractivity contribution in [3.05, 3.63) is 53.6 Å². The summed E-state index contributed by atoms with van der Waals surface area (Å²) >= 11 is 0. The van der Waals surface area contributed by atoms with Crippen LogP contribution in [0.2, 0.25) is 0 Å². The fourth-order valence-corrected chi connectivity index (χ4v) is 6.79. The lowest BCUT2D eigenvalue weighted by molar-refractivity contribution is -0.143. The number of carbonyl (C=O) groups is 1. The molecule has 4 rings (SSSR count). The third-order valence-corrected chi connectivity index (χ3v) is 9.05. The van der Waals surface area contributed by atoms with Crippen molar-refractivity contribution in [1.82, 2.24) is 9.21 Å². The number of rotatable bonds is 13. The molecule has 0 radical (unpaired) electrons. The van der Waals surface area contributed by atoms with Gasteiger partial charge in [0, 0.05) is 45.2 Å². The van der Waals surface area contributed by atoms with Gasteiger partial charge in [-0.3, -0.25) is 9.69 Å². The summed E-state index contributed by atoms with van der Waals surface area (Å²) in [6, 6.07) is 12.5. The molecule has 11 heteroatoms. The lowest BCUT2D eigenvalue weighted by Gasteiger charge is -2.30. The van der Waals surface area contributed by atoms with Gasteiger partial charge in [0.15, 0.2) is 11.5 Å². The molecule has 0 unspecified atom stereocenters. The molecule has 10 nitrogen and oxygen atoms in total. The summed E-state index contributed by atoms with van der Waals surface area (Å²) in [6.45, 7) is 3.67. The molecule has 1 saturated heterocycles. The summed E-state index contributed by atoms with van der Waals surface area (Å²) < 4.78 is 48.7. The van der Waals surface area contributed by atoms with Crippen molar-refractivity contribution >= 4 is 16.0 Å². The number of methoxy groups -OCH3 is 2. The fourth-order valence-electron chi connectivity index (χ4n) is 5.34. The highest BCUT2D eigenvalue weighted by Gasteiger charge is 2.47. The molecule has 2 aliphatic rings. The van der Waals surface area contributed by atoms with Crippen molar-refractivity contribution in [1.29, 1.82) is 0 Å². The zero-order valence-electron chi connectivity index (χ0n) is 22.0. The second kappa shape index (κ2) is 12.3. The highest BCUT2D eigenvalue weighted by Crippen LogP contribution is 2.47. The van der Waals surface area contributed by atoms with Gasteiger partial charge in [-0.15, -0.1) is 0 Å². The van der Waals surface area contributed by atoms with Crippen molar-refractivity contribution in [2.75, 3.05) is 59.6 Å². The number of sulfonamides is 1. The predicted molar refractivity (Wildman–Crippen MR) is 141 cm³/mol. The Morgan fingerprint density at radius 3 is 2.45 bits per heavy atom. The topological polar surface area (TPSA) is 115 Å². The fraction of sp³-hybridized carbons (Fsp3) is 0.519. The van der Waals surface area contributed by atoms with Gasteiger partial charge in [-0.25, -0.2) is 12.7 Å². The Labute approximate surface area is 224 Å². The summed E-state index contributed by atoms with van der Waals surface area (Å²) in [7, 11) is -0.453. The first-order valence-electron chi connectivity index (χ1n) is 12.8. The highest BCUT2D eigenvalue weighted by molar-refractivity contribution is 7.89. The lowest BCUT2D eigenvalue weighted by Crippen LogP contribution is -2.41. The summed E-state index contributed by atoms with van der Waals surface area (Å²) in [5, 5.41) is 10.4. The molecule has 0 bridgehead atoms. The maximum Gasteiger partial charge on any atom is 0.309 e. The average molecular weight is 549 g/mol. The molecule has 1 fully saturated rings. The van der Waals surface area contributed by atoms with Crippen LogP contribution < -0.4 is 14.2 Å². The molecule has 2 aromatic rings. The smallest absolute Gasteiger partial charge is 0.309 e. The molecule has 38 heavy (non-hydrogen) atoms. The van der Waals surface area contributed by atoms with E-state index in [1.807, 2.05) is 49.4 Å². The second-order valence-corrected chi connectivity index (χ2v) is 11.6. The Morgan fingerprint density at radius 1 is 1.08 bits per heavy atom. The Bertz CT molecular complexity index is 1200. The molecule has 2 heterocycles. The molecule has 208 valence electrons. The second-order valence-electron chi connectivity index (χ2n) is 9.50. The van der Waals surface area contributed by atoms with Crippen LogP contribution in [-0.4, -0.2) is 88.3 Å². The van der Waals surface area contributed by atoms with Gasteiger partial charge in [0.25, 0.3) is 0 Å². The van der Waals surface area contributed by atoms with Crippen LogP contribution in [0.1, 0.15) is 36.4 Å². The summed E-state index contributed by atoms with van der Waals surface area (Å²) in [6.07, 6.45) is 0.672. The van der Waals surface area contributed by atoms with E-state index in [0.717, 1.165) is 11.1 Å². The van der Waals surface area contributed by atoms with Gasteiger partial charge >= 0.3 is 5.97 Å². The minimum Gasteiger partial charge on any atom is -0.497 e. The highest BCUT2D eigenvalue weighted by atomic mass is 32.2. The van der Waals surface area contributed by atoms with E-state index in [1.54, 1.807) is 7.11 Å². The number of nitrogens with zero attached hydrogens (tertiary/aromatic N) is 2. The van der Waals surface area contributed by atoms with E-state index >= 15 is 0 Å². The van der Waals surface area contributed by atoms with Crippen LogP contribution in [0.25, 0.3) is 0 Å². The molecule has 0 aromatic heterocycles. The molecule has 1 N–H and O–H groups in total. The number of carboxylic acid groups (broad SMARTS) is 1. The van der Waals surface area contributed by atoms with Crippen molar-refractivity contribution in [3.63, 3.8) is 0 Å². The van der Waals surface area contributed by atoms with Gasteiger partial charge in [0.05, 0.1) is 25.4 Å². The predicted octanol–water partition coefficient (Wildman–Crippen LogP) is 2.95. The van der Waals surface area contributed by atoms with E-state index in [4.69, 9.17) is 18.9 Å². The molecule has 2 aliphatic heterocycles. The number of ether oxygens (including phenoxy) is 4. The summed E-state index contributed by atoms with van der Waals surface area (Å²) in [4.78, 5) is 14.8. The first kappa shape index (κ1) is 28.2. The molecule has 0 amide bonds. The van der Waals surface area contributed by atoms with Crippen molar-refractivity contribution in [2.45, 2.75) is 25.3 Å². The van der Waals surface area contributed by atoms with Gasteiger partial charge < -0.3 is 24.1 Å². The maximum absolute atomic E-state index is 13.0. The van der Waals surface area contributed by atoms with Crippen LogP contribution >= 0.6 is 0 Å². The standard InChI is InChI=1S/C27H36N2O8S/c1-4-11-29(38(32,33)15-14-34-2)13-12-28-17-22(20-7-10-23-24(16-20)37-18-36-23)25(27(30)31)26(28)19-5-8-21(35-3)9-6-19/h5-10,16,22,25-26H,4,11-15,17-18H2,1-3H3,(H,30,31)/t22-,25-,26+/m1/s1. The van der Waals surface area contributed by atoms with E-state index in [0.29, 0.717) is 43.3 Å². The minimum absolute atomic E-state index is 0.0943. The number of aliphatic carboxylic acids is 1. The molecule has 0 spiro atoms. The molecule has 0 aliphatic carbocycles. The maximum atomic E-state index is 13.0. The normalized spacial score (nSPS) is 21.2. The third-order valence-electron chi connectivity index (χ3n) is 7.21. The zero-order chi connectivity index (χ0) is 27.3. The minimum atomic E-state index is -3.51. The summed E-state index contributed by atoms with van der Waals surface area (Å²) in [5.41, 5.74) is 1.69. The first-order valence-corrected chi connectivity index (χ1v) is 14.4. The van der Waals surface area contributed by atoms with Gasteiger partial charge in [-0.05, 0) is 41.8 Å². The Morgan fingerprint density at radius 2 is 1.79 bits per heavy atom. The number of fused-ring (bicyclic) bond motifs is 1. The molecular weight excluding hydrogens is 512 g/mol. The Balaban J connectivity index is 1.66. The lowest BCUT2D eigenvalue weighted by atomic mass is 9.82. The number of hydrogen-bond donors (Lipinski definition) is 1. The Kier molecular flexibility index (Phi) is 9.14. The van der Waals surface area contributed by atoms with Crippen LogP contribution in [0.4, 0.5) is 0 Å². The number of carboxylic acids is 1. The van der Waals surface area contributed by atoms with Crippen LogP contribution in [0.15, 0.2) is 42.5 Å². The average Bonchev–Trinajstić information content (AvgIpc) is 3.54. The van der Waals surface area contributed by atoms with Crippen molar-refractivity contribution in [2.24, 2.45) is 5.92 Å². The monoisotopic (exact) mass is 548 g/mol. The van der Waals surface area contributed by atoms with Crippen LogP contribution in [0, 0.1) is 5.92 Å². The zero-order valence-corrected chi connectivity index (χ0v) is 22.9. The molecule has 0 saturated carbocycles. The van der Waals surface area contributed by atoms with Crippen LogP contribution in [0.3, 0.4) is 0 Å². The van der Waals surface area contributed by atoms with E-state index in [1.165, 1.54) is 11.4 Å². The summed E-state index contributed by atoms with van der Waals surface area (Å²) in [5.74, 6) is -0.177. The van der Waals surface area contributed by atoms with Gasteiger partial charge in [-0.1, -0.05) is 25.1 Å². The van der Waals surface area contributed by atoms with Crippen LogP contribution in [-0.2, 0) is 19.6 Å². The molecule has 2 aromatic carbocycles. The number of likely N-dealkylation sites (tertiary alicyclic amines) is 1. The quantitative estimate of drug-likeness (QED) is 0.403. The van der Waals surface area contributed by atoms with E-state index in [-0.39, 0.29) is 31.6 Å². The molecular formula is C27H36N2O8S. The van der Waals surface area contributed by atoms with Gasteiger partial charge in [0.1, 0.15) is 5.75 Å². The van der Waals surface area contributed by atoms with E-state index < -0.39 is 28.0 Å². The van der Waals surface area contributed by atoms with Crippen LogP contribution in [0.5, 0.6) is 17.2 Å². The number of benzene rings is 2. The van der Waals surface area contributed by atoms with Crippen molar-refractivity contribution in [3.8, 4) is 17.2 Å². The third kappa shape index (κ3) is 6.06. The largest absolute Gasteiger partial charge is 0.497 e. The first-order chi connectivity index (χ1) is 18.3. The molecule has 3 atom stereocenters. The van der Waals surface area contributed by atoms with E-state index in [9.17, 15) is 18.3 Å². The number of hydrogen-bond acceptors (Lipinski definition) is 8. The SMILES string of the molecule is CCCN(CCN1C[C@H](c2ccc3c(c2)OCO3)[C@@H](C(=O)O)[C@@H]1c1ccc(OC)cc1)S(=O)(=O)CCOC.